The molecule has 2 rings (SSSR count). The second kappa shape index (κ2) is 8.98. The van der Waals surface area contributed by atoms with Crippen LogP contribution >= 0.6 is 0 Å². The van der Waals surface area contributed by atoms with Gasteiger partial charge in [0.1, 0.15) is 5.60 Å². The Labute approximate surface area is 153 Å². The third-order valence-corrected chi connectivity index (χ3v) is 3.02. The van der Waals surface area contributed by atoms with Crippen LogP contribution in [0.2, 0.25) is 0 Å². The highest BCUT2D eigenvalue weighted by molar-refractivity contribution is 5.98. The van der Waals surface area contributed by atoms with E-state index in [1.54, 1.807) is 27.1 Å². The molecular weight excluding hydrogens is 336 g/mol. The standard InChI is InChI=1S/C16H20N4O4.C2H6/c1-5-20-8-12(18-9-20)10-6-11(13(14(21)22)17-7-10)19-15(23)24-16(2,3)4;1-2/h6-9H,5H2,1-4H3,(H,19,23)(H,21,22);1-2H3. The molecule has 0 aliphatic heterocycles. The lowest BCUT2D eigenvalue weighted by Crippen LogP contribution is -2.28. The zero-order valence-corrected chi connectivity index (χ0v) is 16.0. The number of aryl methyl sites for hydroxylation is 1. The van der Waals surface area contributed by atoms with E-state index in [1.807, 2.05) is 31.5 Å². The quantitative estimate of drug-likeness (QED) is 0.850. The minimum atomic E-state index is -1.24. The van der Waals surface area contributed by atoms with Gasteiger partial charge >= 0.3 is 12.1 Å². The molecular formula is C18H26N4O4. The van der Waals surface area contributed by atoms with Crippen LogP contribution in [-0.2, 0) is 11.3 Å². The Bertz CT molecular complexity index is 763. The molecule has 26 heavy (non-hydrogen) atoms. The number of carbonyl (C=O) groups is 2. The largest absolute Gasteiger partial charge is 0.476 e. The number of carboxylic acids is 1. The minimum absolute atomic E-state index is 0.0558. The van der Waals surface area contributed by atoms with Gasteiger partial charge in [-0.2, -0.15) is 0 Å². The molecule has 8 heteroatoms. The first kappa shape index (κ1) is 21.1. The van der Waals surface area contributed by atoms with E-state index in [4.69, 9.17) is 4.74 Å². The fraction of sp³-hybridized carbons (Fsp3) is 0.444. The zero-order chi connectivity index (χ0) is 19.9. The summed E-state index contributed by atoms with van der Waals surface area (Å²) in [5.41, 5.74) is 0.324. The van der Waals surface area contributed by atoms with E-state index in [1.165, 1.54) is 12.3 Å². The van der Waals surface area contributed by atoms with Crippen LogP contribution in [0.1, 0.15) is 52.0 Å². The number of aromatic carboxylic acids is 1. The summed E-state index contributed by atoms with van der Waals surface area (Å²) in [6, 6.07) is 1.52. The second-order valence-electron chi connectivity index (χ2n) is 6.14. The fourth-order valence-electron chi connectivity index (χ4n) is 1.97. The molecule has 0 aliphatic carbocycles. The molecule has 142 valence electrons. The van der Waals surface area contributed by atoms with Gasteiger partial charge in [-0.15, -0.1) is 0 Å². The Morgan fingerprint density at radius 1 is 1.27 bits per heavy atom. The number of imidazole rings is 1. The maximum absolute atomic E-state index is 11.9. The van der Waals surface area contributed by atoms with Crippen molar-refractivity contribution in [1.29, 1.82) is 0 Å². The van der Waals surface area contributed by atoms with Crippen molar-refractivity contribution in [2.24, 2.45) is 0 Å². The fourth-order valence-corrected chi connectivity index (χ4v) is 1.97. The van der Waals surface area contributed by atoms with E-state index in [-0.39, 0.29) is 11.4 Å². The molecule has 2 aromatic heterocycles. The number of anilines is 1. The lowest BCUT2D eigenvalue weighted by molar-refractivity contribution is 0.0636. The molecule has 8 nitrogen and oxygen atoms in total. The molecule has 0 aromatic carbocycles. The highest BCUT2D eigenvalue weighted by atomic mass is 16.6. The van der Waals surface area contributed by atoms with Gasteiger partial charge in [0.2, 0.25) is 0 Å². The van der Waals surface area contributed by atoms with E-state index in [9.17, 15) is 14.7 Å². The predicted octanol–water partition coefficient (Wildman–Crippen LogP) is 4.04. The Hall–Kier alpha value is -2.90. The van der Waals surface area contributed by atoms with Crippen LogP contribution in [0.5, 0.6) is 0 Å². The summed E-state index contributed by atoms with van der Waals surface area (Å²) in [6.45, 7) is 11.9. The predicted molar refractivity (Wildman–Crippen MR) is 99.3 cm³/mol. The van der Waals surface area contributed by atoms with Crippen LogP contribution < -0.4 is 5.32 Å². The molecule has 2 aromatic rings. The zero-order valence-electron chi connectivity index (χ0n) is 16.0. The average Bonchev–Trinajstić information content (AvgIpc) is 3.03. The Morgan fingerprint density at radius 2 is 1.92 bits per heavy atom. The molecule has 0 spiro atoms. The van der Waals surface area contributed by atoms with Crippen molar-refractivity contribution >= 4 is 17.7 Å². The van der Waals surface area contributed by atoms with Crippen LogP contribution in [0.15, 0.2) is 24.8 Å². The Morgan fingerprint density at radius 3 is 2.42 bits per heavy atom. The number of pyridine rings is 1. The van der Waals surface area contributed by atoms with E-state index >= 15 is 0 Å². The monoisotopic (exact) mass is 362 g/mol. The van der Waals surface area contributed by atoms with Crippen molar-refractivity contribution in [1.82, 2.24) is 14.5 Å². The van der Waals surface area contributed by atoms with Gasteiger partial charge in [-0.05, 0) is 33.8 Å². The number of nitrogens with one attached hydrogen (secondary N) is 1. The van der Waals surface area contributed by atoms with Crippen LogP contribution in [-0.4, -0.2) is 37.3 Å². The van der Waals surface area contributed by atoms with Crippen molar-refractivity contribution in [3.8, 4) is 11.3 Å². The van der Waals surface area contributed by atoms with Gasteiger partial charge < -0.3 is 14.4 Å². The lowest BCUT2D eigenvalue weighted by Gasteiger charge is -2.20. The van der Waals surface area contributed by atoms with Gasteiger partial charge in [0.25, 0.3) is 0 Å². The van der Waals surface area contributed by atoms with Crippen LogP contribution in [0.4, 0.5) is 10.5 Å². The number of amides is 1. The topological polar surface area (TPSA) is 106 Å². The first-order valence-electron chi connectivity index (χ1n) is 8.45. The maximum atomic E-state index is 11.9. The Balaban J connectivity index is 0.00000163. The van der Waals surface area contributed by atoms with E-state index in [2.05, 4.69) is 15.3 Å². The minimum Gasteiger partial charge on any atom is -0.476 e. The van der Waals surface area contributed by atoms with Gasteiger partial charge in [-0.3, -0.25) is 5.32 Å². The van der Waals surface area contributed by atoms with Crippen LogP contribution in [0, 0.1) is 0 Å². The summed E-state index contributed by atoms with van der Waals surface area (Å²) in [4.78, 5) is 31.4. The number of hydrogen-bond acceptors (Lipinski definition) is 5. The van der Waals surface area contributed by atoms with Gasteiger partial charge in [0.15, 0.2) is 5.69 Å². The van der Waals surface area contributed by atoms with Gasteiger partial charge in [0.05, 0.1) is 17.7 Å². The van der Waals surface area contributed by atoms with Crippen LogP contribution in [0.3, 0.4) is 0 Å². The molecule has 0 bridgehead atoms. The molecule has 0 aliphatic rings. The Kier molecular flexibility index (Phi) is 7.30. The summed E-state index contributed by atoms with van der Waals surface area (Å²) >= 11 is 0. The number of carboxylic acid groups (broad SMARTS) is 1. The first-order chi connectivity index (χ1) is 12.2. The van der Waals surface area contributed by atoms with Gasteiger partial charge in [0, 0.05) is 24.5 Å². The SMILES string of the molecule is CC.CCn1cnc(-c2cnc(C(=O)O)c(NC(=O)OC(C)(C)C)c2)c1. The summed E-state index contributed by atoms with van der Waals surface area (Å²) in [5.74, 6) is -1.24. The third-order valence-electron chi connectivity index (χ3n) is 3.02. The van der Waals surface area contributed by atoms with Crippen molar-refractivity contribution in [3.63, 3.8) is 0 Å². The van der Waals surface area contributed by atoms with E-state index < -0.39 is 17.7 Å². The number of ether oxygens (including phenoxy) is 1. The summed E-state index contributed by atoms with van der Waals surface area (Å²) in [6.07, 6.45) is 4.14. The number of aromatic nitrogens is 3. The summed E-state index contributed by atoms with van der Waals surface area (Å²) in [5, 5.41) is 11.7. The summed E-state index contributed by atoms with van der Waals surface area (Å²) in [7, 11) is 0. The number of hydrogen-bond donors (Lipinski definition) is 2. The van der Waals surface area contributed by atoms with Crippen molar-refractivity contribution in [2.75, 3.05) is 5.32 Å². The van der Waals surface area contributed by atoms with Gasteiger partial charge in [-0.25, -0.2) is 19.6 Å². The maximum Gasteiger partial charge on any atom is 0.412 e. The molecule has 2 N–H and O–H groups in total. The average molecular weight is 362 g/mol. The number of carbonyl (C=O) groups excluding carboxylic acids is 1. The molecule has 0 radical (unpaired) electrons. The van der Waals surface area contributed by atoms with Crippen molar-refractivity contribution in [3.05, 3.63) is 30.5 Å². The second-order valence-corrected chi connectivity index (χ2v) is 6.14. The lowest BCUT2D eigenvalue weighted by atomic mass is 10.1. The molecule has 0 saturated carbocycles. The number of nitrogens with zero attached hydrogens (tertiary/aromatic N) is 3. The highest BCUT2D eigenvalue weighted by Gasteiger charge is 2.20. The molecule has 1 amide bonds. The van der Waals surface area contributed by atoms with Crippen molar-refractivity contribution in [2.45, 2.75) is 53.7 Å². The molecule has 0 saturated heterocycles. The third kappa shape index (κ3) is 5.87. The smallest absolute Gasteiger partial charge is 0.412 e. The van der Waals surface area contributed by atoms with Crippen LogP contribution in [0.25, 0.3) is 11.3 Å². The first-order valence-corrected chi connectivity index (χ1v) is 8.45. The van der Waals surface area contributed by atoms with E-state index in [0.717, 1.165) is 6.54 Å². The van der Waals surface area contributed by atoms with E-state index in [0.29, 0.717) is 11.3 Å². The number of rotatable bonds is 4. The molecule has 0 atom stereocenters. The van der Waals surface area contributed by atoms with Crippen molar-refractivity contribution < 1.29 is 19.4 Å². The molecule has 0 unspecified atom stereocenters. The molecule has 0 fully saturated rings. The van der Waals surface area contributed by atoms with Gasteiger partial charge in [-0.1, -0.05) is 13.8 Å². The summed E-state index contributed by atoms with van der Waals surface area (Å²) < 4.78 is 7.03. The normalized spacial score (nSPS) is 10.5. The highest BCUT2D eigenvalue weighted by Crippen LogP contribution is 2.23. The molecule has 2 heterocycles.